The number of fused-ring (bicyclic) bond motifs is 6. The van der Waals surface area contributed by atoms with Gasteiger partial charge in [-0.15, -0.1) is 22.7 Å². The molecule has 6 heterocycles. The molecule has 21 heteroatoms. The third-order valence-electron chi connectivity index (χ3n) is 10.2. The number of benzene rings is 2. The number of nitrogens with zero attached hydrogens (tertiary/aromatic N) is 5. The minimum Gasteiger partial charge on any atom is -0.492 e. The number of unbranched alkanes of at least 4 members (excludes halogenated alkanes) is 2. The lowest BCUT2D eigenvalue weighted by molar-refractivity contribution is 0.326. The Labute approximate surface area is 386 Å². The molecule has 62 heavy (non-hydrogen) atoms. The van der Waals surface area contributed by atoms with E-state index in [1.807, 2.05) is 12.2 Å². The molecule has 0 unspecified atom stereocenters. The van der Waals surface area contributed by atoms with Crippen LogP contribution in [0.25, 0.3) is 44.7 Å². The fourth-order valence-electron chi connectivity index (χ4n) is 7.31. The number of rotatable bonds is 14. The van der Waals surface area contributed by atoms with E-state index in [2.05, 4.69) is 24.1 Å². The van der Waals surface area contributed by atoms with Crippen molar-refractivity contribution in [3.8, 4) is 44.0 Å². The van der Waals surface area contributed by atoms with Crippen LogP contribution < -0.4 is 9.47 Å². The molecule has 13 nitrogen and oxygen atoms in total. The largest absolute Gasteiger partial charge is 0.492 e. The molecular weight excluding hydrogens is 961 g/mol. The topological polar surface area (TPSA) is 166 Å². The summed E-state index contributed by atoms with van der Waals surface area (Å²) in [6.07, 6.45) is 12.5. The summed E-state index contributed by atoms with van der Waals surface area (Å²) in [5.74, 6) is 0.690. The van der Waals surface area contributed by atoms with Crippen LogP contribution in [0.15, 0.2) is 69.1 Å². The van der Waals surface area contributed by atoms with E-state index in [-0.39, 0.29) is 21.6 Å². The van der Waals surface area contributed by atoms with Gasteiger partial charge in [0.05, 0.1) is 67.2 Å². The first-order chi connectivity index (χ1) is 29.6. The average molecular weight is 998 g/mol. The molecule has 2 aromatic carbocycles. The highest BCUT2D eigenvalue weighted by molar-refractivity contribution is 7.88. The van der Waals surface area contributed by atoms with E-state index in [0.717, 1.165) is 72.6 Å². The van der Waals surface area contributed by atoms with Crippen LogP contribution in [0.2, 0.25) is 20.1 Å². The number of hydrogen-bond acceptors (Lipinski definition) is 11. The van der Waals surface area contributed by atoms with Gasteiger partial charge in [0.15, 0.2) is 8.42 Å². The number of allylic oxidation sites excluding steroid dienone is 2. The number of ether oxygens (including phenoxy) is 2. The summed E-state index contributed by atoms with van der Waals surface area (Å²) < 4.78 is 82.6. The summed E-state index contributed by atoms with van der Waals surface area (Å²) in [6, 6.07) is 12.8. The van der Waals surface area contributed by atoms with Gasteiger partial charge in [-0.25, -0.2) is 9.36 Å². The molecule has 0 aliphatic carbocycles. The van der Waals surface area contributed by atoms with E-state index in [9.17, 15) is 25.9 Å². The van der Waals surface area contributed by atoms with E-state index >= 15 is 0 Å². The smallest absolute Gasteiger partial charge is 0.304 e. The van der Waals surface area contributed by atoms with Crippen molar-refractivity contribution >= 4 is 101 Å². The van der Waals surface area contributed by atoms with Crippen molar-refractivity contribution in [3.63, 3.8) is 0 Å². The molecule has 2 aliphatic rings. The first-order valence-corrected chi connectivity index (χ1v) is 25.2. The summed E-state index contributed by atoms with van der Waals surface area (Å²) in [4.78, 5) is 3.32. The highest BCUT2D eigenvalue weighted by Gasteiger charge is 2.32. The molecule has 6 aromatic rings. The van der Waals surface area contributed by atoms with Gasteiger partial charge >= 0.3 is 20.2 Å². The van der Waals surface area contributed by atoms with E-state index < -0.39 is 20.2 Å². The van der Waals surface area contributed by atoms with Gasteiger partial charge in [-0.05, 0) is 94.4 Å². The van der Waals surface area contributed by atoms with Crippen LogP contribution in [0.5, 0.6) is 11.5 Å². The molecule has 2 aliphatic heterocycles. The fraction of sp³-hybridized carbons (Fsp3) is 0.268. The molecule has 0 bridgehead atoms. The number of halogens is 4. The minimum atomic E-state index is -4.46. The minimum absolute atomic E-state index is 0.224. The van der Waals surface area contributed by atoms with Gasteiger partial charge in [0.2, 0.25) is 0 Å². The molecule has 4 aromatic heterocycles. The van der Waals surface area contributed by atoms with Gasteiger partial charge in [-0.1, -0.05) is 58.6 Å². The second kappa shape index (κ2) is 18.4. The molecule has 0 atom stereocenters. The molecule has 8 rings (SSSR count). The zero-order valence-electron chi connectivity index (χ0n) is 32.7. The van der Waals surface area contributed by atoms with Crippen molar-refractivity contribution in [2.75, 3.05) is 33.4 Å². The van der Waals surface area contributed by atoms with Crippen LogP contribution in [0.4, 0.5) is 0 Å². The molecule has 2 N–H and O–H groups in total. The number of hydrogen-bond donors (Lipinski definition) is 2. The SMILES string of the molecule is CN(CCC/C=C/c1nn(-c2ccc(Cl)cc2Cl)c2c1CCOc1cc(S(=O)(=O)O)sc1-2)CCC/C=C/c1nn(-c2ccc(Cl)cc2Cl)c2c1CCOc1cc(S(=O)(=O)O)sc1-2. The monoisotopic (exact) mass is 995 g/mol. The normalized spacial score (nSPS) is 14.1. The Kier molecular flexibility index (Phi) is 13.3. The van der Waals surface area contributed by atoms with Crippen LogP contribution in [0, 0.1) is 0 Å². The van der Waals surface area contributed by atoms with Crippen LogP contribution in [-0.4, -0.2) is 83.8 Å². The van der Waals surface area contributed by atoms with Crippen molar-refractivity contribution in [3.05, 3.63) is 103 Å². The summed E-state index contributed by atoms with van der Waals surface area (Å²) in [7, 11) is -6.84. The maximum Gasteiger partial charge on any atom is 0.304 e. The molecule has 326 valence electrons. The van der Waals surface area contributed by atoms with Crippen molar-refractivity contribution in [2.45, 2.75) is 46.9 Å². The van der Waals surface area contributed by atoms with E-state index in [1.165, 1.54) is 12.1 Å². The third kappa shape index (κ3) is 9.54. The van der Waals surface area contributed by atoms with Gasteiger partial charge < -0.3 is 14.4 Å². The Hall–Kier alpha value is -3.72. The Balaban J connectivity index is 0.923. The number of aromatic nitrogens is 4. The maximum atomic E-state index is 12.1. The van der Waals surface area contributed by atoms with E-state index in [1.54, 1.807) is 45.8 Å². The predicted molar refractivity (Wildman–Crippen MR) is 246 cm³/mol. The second-order valence-electron chi connectivity index (χ2n) is 14.5. The van der Waals surface area contributed by atoms with Gasteiger partial charge in [0, 0.05) is 46.1 Å². The summed E-state index contributed by atoms with van der Waals surface area (Å²) in [6.45, 7) is 2.30. The van der Waals surface area contributed by atoms with Crippen LogP contribution in [0.3, 0.4) is 0 Å². The third-order valence-corrected chi connectivity index (χ3v) is 16.1. The van der Waals surface area contributed by atoms with Crippen LogP contribution >= 0.6 is 69.1 Å². The summed E-state index contributed by atoms with van der Waals surface area (Å²) >= 11 is 27.5. The van der Waals surface area contributed by atoms with Crippen molar-refractivity contribution < 1.29 is 35.4 Å². The number of thiophene rings is 2. The Morgan fingerprint density at radius 3 is 1.50 bits per heavy atom. The Bertz CT molecular complexity index is 2780. The lowest BCUT2D eigenvalue weighted by Crippen LogP contribution is -2.20. The highest BCUT2D eigenvalue weighted by Crippen LogP contribution is 2.47. The molecule has 0 saturated heterocycles. The quantitative estimate of drug-likeness (QED) is 0.0788. The van der Waals surface area contributed by atoms with Gasteiger partial charge in [-0.3, -0.25) is 9.11 Å². The van der Waals surface area contributed by atoms with E-state index in [4.69, 9.17) is 66.1 Å². The van der Waals surface area contributed by atoms with Crippen LogP contribution in [-0.2, 0) is 33.1 Å². The van der Waals surface area contributed by atoms with Gasteiger partial charge in [-0.2, -0.15) is 27.0 Å². The molecule has 0 saturated carbocycles. The first-order valence-electron chi connectivity index (χ1n) is 19.2. The lowest BCUT2D eigenvalue weighted by Gasteiger charge is -2.15. The van der Waals surface area contributed by atoms with Gasteiger partial charge in [0.1, 0.15) is 11.5 Å². The molecular formula is C41H37Cl4N5O8S4. The second-order valence-corrected chi connectivity index (χ2v) is 21.6. The molecule has 0 fully saturated rings. The fourth-order valence-corrected chi connectivity index (χ4v) is 11.9. The molecule has 0 amide bonds. The van der Waals surface area contributed by atoms with Gasteiger partial charge in [0.25, 0.3) is 0 Å². The predicted octanol–water partition coefficient (Wildman–Crippen LogP) is 10.7. The Morgan fingerprint density at radius 2 is 1.11 bits per heavy atom. The Morgan fingerprint density at radius 1 is 0.694 bits per heavy atom. The van der Waals surface area contributed by atoms with Crippen molar-refractivity contribution in [1.29, 1.82) is 0 Å². The zero-order chi connectivity index (χ0) is 43.9. The highest BCUT2D eigenvalue weighted by atomic mass is 35.5. The first kappa shape index (κ1) is 44.9. The van der Waals surface area contributed by atoms with Crippen molar-refractivity contribution in [1.82, 2.24) is 24.5 Å². The lowest BCUT2D eigenvalue weighted by atomic mass is 10.1. The van der Waals surface area contributed by atoms with E-state index in [0.29, 0.717) is 88.3 Å². The van der Waals surface area contributed by atoms with Crippen molar-refractivity contribution in [2.24, 2.45) is 0 Å². The average Bonchev–Trinajstić information content (AvgIpc) is 3.94. The summed E-state index contributed by atoms with van der Waals surface area (Å²) in [5, 5.41) is 11.5. The maximum absolute atomic E-state index is 12.1. The molecule has 0 radical (unpaired) electrons. The zero-order valence-corrected chi connectivity index (χ0v) is 39.0. The standard InChI is InChI=1S/C41H37Cl4N5O8S4/c1-48(16-6-2-4-8-30-26-14-18-57-34-22-36(61(51,52)53)59-40(34)38(26)49(46-30)32-12-10-24(42)20-28(32)44)17-7-3-5-9-31-27-15-19-58-35-23-37(62(54,55)56)60-41(35)39(27)50(47-31)33-13-11-25(43)21-29(33)45/h4-5,8-13,20-23H,2-3,6-7,14-19H2,1H3,(H,51,52,53)(H,54,55,56)/b8-4+,9-5+. The van der Waals surface area contributed by atoms with Crippen LogP contribution in [0.1, 0.15) is 48.2 Å². The molecule has 0 spiro atoms. The summed E-state index contributed by atoms with van der Waals surface area (Å²) in [5.41, 5.74) is 5.55.